The van der Waals surface area contributed by atoms with Gasteiger partial charge in [-0.1, -0.05) is 18.5 Å². The normalized spacial score (nSPS) is 28.3. The fourth-order valence-corrected chi connectivity index (χ4v) is 3.64. The van der Waals surface area contributed by atoms with Crippen molar-refractivity contribution in [3.05, 3.63) is 19.8 Å². The summed E-state index contributed by atoms with van der Waals surface area (Å²) in [6, 6.07) is 1.93. The van der Waals surface area contributed by atoms with Gasteiger partial charge in [-0.3, -0.25) is 0 Å². The summed E-state index contributed by atoms with van der Waals surface area (Å²) in [7, 11) is 0. The van der Waals surface area contributed by atoms with E-state index in [9.17, 15) is 0 Å². The van der Waals surface area contributed by atoms with E-state index in [1.165, 1.54) is 11.3 Å². The second-order valence-electron chi connectivity index (χ2n) is 3.90. The first-order valence-corrected chi connectivity index (χ1v) is 6.90. The van der Waals surface area contributed by atoms with Crippen molar-refractivity contribution in [2.75, 3.05) is 6.61 Å². The highest BCUT2D eigenvalue weighted by atomic mass is 79.9. The minimum absolute atomic E-state index is 0.0590. The van der Waals surface area contributed by atoms with Gasteiger partial charge in [0.05, 0.1) is 12.1 Å². The van der Waals surface area contributed by atoms with Gasteiger partial charge in [-0.2, -0.15) is 0 Å². The fraction of sp³-hybridized carbons (Fsp3) is 0.600. The van der Waals surface area contributed by atoms with Crippen molar-refractivity contribution in [1.82, 2.24) is 0 Å². The summed E-state index contributed by atoms with van der Waals surface area (Å²) in [6.45, 7) is 3.00. The lowest BCUT2D eigenvalue weighted by molar-refractivity contribution is 0.0734. The molecule has 0 saturated carbocycles. The molecule has 0 radical (unpaired) electrons. The van der Waals surface area contributed by atoms with Gasteiger partial charge >= 0.3 is 0 Å². The first-order valence-electron chi connectivity index (χ1n) is 4.91. The molecule has 2 rings (SSSR count). The van der Waals surface area contributed by atoms with Gasteiger partial charge in [0.2, 0.25) is 0 Å². The van der Waals surface area contributed by atoms with Crippen LogP contribution in [0.5, 0.6) is 0 Å². The highest BCUT2D eigenvalue weighted by Crippen LogP contribution is 2.38. The maximum absolute atomic E-state index is 6.18. The molecule has 1 aromatic heterocycles. The van der Waals surface area contributed by atoms with Crippen LogP contribution in [0.1, 0.15) is 24.3 Å². The van der Waals surface area contributed by atoms with Crippen molar-refractivity contribution >= 4 is 38.9 Å². The standard InChI is InChI=1S/C10H13BrClNOS/c1-5-2-3-14-9(5)8(13)7-4-6(11)10(12)15-7/h4-5,8-9H,2-3,13H2,1H3. The molecule has 3 unspecified atom stereocenters. The Balaban J connectivity index is 2.16. The molecular formula is C10H13BrClNOS. The van der Waals surface area contributed by atoms with Crippen molar-refractivity contribution in [2.45, 2.75) is 25.5 Å². The first kappa shape index (κ1) is 11.9. The van der Waals surface area contributed by atoms with E-state index in [0.717, 1.165) is 26.7 Å². The summed E-state index contributed by atoms with van der Waals surface area (Å²) in [6.07, 6.45) is 1.23. The number of hydrogen-bond acceptors (Lipinski definition) is 3. The third-order valence-electron chi connectivity index (χ3n) is 2.79. The van der Waals surface area contributed by atoms with Crippen LogP contribution in [0.15, 0.2) is 10.5 Å². The molecule has 15 heavy (non-hydrogen) atoms. The third-order valence-corrected chi connectivity index (χ3v) is 5.37. The summed E-state index contributed by atoms with van der Waals surface area (Å²) in [4.78, 5) is 1.09. The number of nitrogens with two attached hydrogens (primary N) is 1. The van der Waals surface area contributed by atoms with Crippen molar-refractivity contribution in [3.8, 4) is 0 Å². The van der Waals surface area contributed by atoms with E-state index >= 15 is 0 Å². The van der Waals surface area contributed by atoms with Gasteiger partial charge in [0.1, 0.15) is 4.34 Å². The molecule has 1 saturated heterocycles. The molecule has 0 bridgehead atoms. The quantitative estimate of drug-likeness (QED) is 0.906. The van der Waals surface area contributed by atoms with Crippen LogP contribution in [0.2, 0.25) is 4.34 Å². The predicted molar refractivity (Wildman–Crippen MR) is 67.5 cm³/mol. The maximum atomic E-state index is 6.18. The Morgan fingerprint density at radius 2 is 2.47 bits per heavy atom. The molecule has 0 aromatic carbocycles. The van der Waals surface area contributed by atoms with Crippen LogP contribution < -0.4 is 5.73 Å². The zero-order valence-electron chi connectivity index (χ0n) is 8.37. The lowest BCUT2D eigenvalue weighted by Crippen LogP contribution is -2.29. The minimum atomic E-state index is -0.0590. The van der Waals surface area contributed by atoms with Gasteiger partial charge in [0.25, 0.3) is 0 Å². The molecule has 2 heterocycles. The number of halogens is 2. The molecule has 5 heteroatoms. The van der Waals surface area contributed by atoms with E-state index in [-0.39, 0.29) is 12.1 Å². The molecular weight excluding hydrogens is 298 g/mol. The van der Waals surface area contributed by atoms with Gasteiger partial charge < -0.3 is 10.5 Å². The van der Waals surface area contributed by atoms with Gasteiger partial charge in [-0.25, -0.2) is 0 Å². The smallest absolute Gasteiger partial charge is 0.107 e. The molecule has 84 valence electrons. The third kappa shape index (κ3) is 2.39. The first-order chi connectivity index (χ1) is 7.09. The topological polar surface area (TPSA) is 35.2 Å². The molecule has 1 fully saturated rings. The van der Waals surface area contributed by atoms with Crippen LogP contribution >= 0.6 is 38.9 Å². The summed E-state index contributed by atoms with van der Waals surface area (Å²) in [5.74, 6) is 0.527. The monoisotopic (exact) mass is 309 g/mol. The summed E-state index contributed by atoms with van der Waals surface area (Å²) >= 11 is 10.9. The largest absolute Gasteiger partial charge is 0.376 e. The van der Waals surface area contributed by atoms with E-state index in [4.69, 9.17) is 22.1 Å². The maximum Gasteiger partial charge on any atom is 0.107 e. The molecule has 1 aliphatic rings. The minimum Gasteiger partial charge on any atom is -0.376 e. The molecule has 1 aromatic rings. The Bertz CT molecular complexity index is 338. The molecule has 2 N–H and O–H groups in total. The lowest BCUT2D eigenvalue weighted by atomic mass is 9.97. The van der Waals surface area contributed by atoms with E-state index in [1.54, 1.807) is 0 Å². The van der Waals surface area contributed by atoms with Crippen LogP contribution in [0.4, 0.5) is 0 Å². The van der Waals surface area contributed by atoms with E-state index < -0.39 is 0 Å². The molecule has 1 aliphatic heterocycles. The Labute approximate surface area is 107 Å². The Morgan fingerprint density at radius 1 is 1.73 bits per heavy atom. The van der Waals surface area contributed by atoms with Crippen molar-refractivity contribution in [2.24, 2.45) is 11.7 Å². The summed E-state index contributed by atoms with van der Waals surface area (Å²) < 4.78 is 7.33. The lowest BCUT2D eigenvalue weighted by Gasteiger charge is -2.21. The van der Waals surface area contributed by atoms with Gasteiger partial charge in [-0.15, -0.1) is 11.3 Å². The molecule has 2 nitrogen and oxygen atoms in total. The van der Waals surface area contributed by atoms with E-state index in [2.05, 4.69) is 22.9 Å². The SMILES string of the molecule is CC1CCOC1C(N)c1cc(Br)c(Cl)s1. The summed E-state index contributed by atoms with van der Waals surface area (Å²) in [5.41, 5.74) is 6.18. The fourth-order valence-electron chi connectivity index (χ4n) is 1.87. The predicted octanol–water partition coefficient (Wildman–Crippen LogP) is 3.59. The number of thiophene rings is 1. The second-order valence-corrected chi connectivity index (χ2v) is 6.44. The van der Waals surface area contributed by atoms with Crippen molar-refractivity contribution in [3.63, 3.8) is 0 Å². The molecule has 0 amide bonds. The number of ether oxygens (including phenoxy) is 1. The Kier molecular flexibility index (Phi) is 3.73. The van der Waals surface area contributed by atoms with Gasteiger partial charge in [0, 0.05) is 16.0 Å². The van der Waals surface area contributed by atoms with Crippen LogP contribution in [0, 0.1) is 5.92 Å². The average Bonchev–Trinajstić information content (AvgIpc) is 2.74. The van der Waals surface area contributed by atoms with Crippen LogP contribution in [0.25, 0.3) is 0 Å². The highest BCUT2D eigenvalue weighted by Gasteiger charge is 2.31. The second kappa shape index (κ2) is 4.72. The van der Waals surface area contributed by atoms with E-state index in [1.807, 2.05) is 6.07 Å². The zero-order chi connectivity index (χ0) is 11.0. The molecule has 3 atom stereocenters. The van der Waals surface area contributed by atoms with Crippen LogP contribution in [0.3, 0.4) is 0 Å². The Hall–Kier alpha value is 0.390. The van der Waals surface area contributed by atoms with E-state index in [0.29, 0.717) is 5.92 Å². The van der Waals surface area contributed by atoms with Crippen molar-refractivity contribution < 1.29 is 4.74 Å². The average molecular weight is 311 g/mol. The zero-order valence-corrected chi connectivity index (χ0v) is 11.5. The molecule has 0 aliphatic carbocycles. The van der Waals surface area contributed by atoms with Gasteiger partial charge in [-0.05, 0) is 34.3 Å². The van der Waals surface area contributed by atoms with Crippen LogP contribution in [-0.4, -0.2) is 12.7 Å². The number of hydrogen-bond donors (Lipinski definition) is 1. The summed E-state index contributed by atoms with van der Waals surface area (Å²) in [5, 5.41) is 0. The molecule has 0 spiro atoms. The van der Waals surface area contributed by atoms with Crippen molar-refractivity contribution in [1.29, 1.82) is 0 Å². The van der Waals surface area contributed by atoms with Gasteiger partial charge in [0.15, 0.2) is 0 Å². The Morgan fingerprint density at radius 3 is 2.93 bits per heavy atom. The highest BCUT2D eigenvalue weighted by molar-refractivity contribution is 9.10. The van der Waals surface area contributed by atoms with Crippen LogP contribution in [-0.2, 0) is 4.74 Å². The number of rotatable bonds is 2.